The first-order chi connectivity index (χ1) is 22.1. The van der Waals surface area contributed by atoms with E-state index in [4.69, 9.17) is 17.2 Å². The molecule has 12 heteroatoms. The molecule has 0 aromatic heterocycles. The fourth-order valence-corrected chi connectivity index (χ4v) is 5.26. The Labute approximate surface area is 278 Å². The summed E-state index contributed by atoms with van der Waals surface area (Å²) < 4.78 is 0. The van der Waals surface area contributed by atoms with Crippen LogP contribution in [0.4, 0.5) is 0 Å². The lowest BCUT2D eigenvalue weighted by molar-refractivity contribution is 0.322. The first-order valence-corrected chi connectivity index (χ1v) is 18.6. The molecule has 0 spiro atoms. The van der Waals surface area contributed by atoms with Crippen molar-refractivity contribution in [3.63, 3.8) is 0 Å². The first kappa shape index (κ1) is 44.5. The van der Waals surface area contributed by atoms with E-state index in [2.05, 4.69) is 61.7 Å². The highest BCUT2D eigenvalue weighted by molar-refractivity contribution is 4.68. The van der Waals surface area contributed by atoms with Crippen molar-refractivity contribution in [2.24, 2.45) is 35.0 Å². The van der Waals surface area contributed by atoms with E-state index >= 15 is 0 Å². The second-order valence-electron chi connectivity index (χ2n) is 12.7. The summed E-state index contributed by atoms with van der Waals surface area (Å²) in [5.41, 5.74) is 16.5. The van der Waals surface area contributed by atoms with Crippen molar-refractivity contribution in [2.45, 2.75) is 58.8 Å². The van der Waals surface area contributed by atoms with Crippen molar-refractivity contribution < 1.29 is 0 Å². The standard InChI is InChI=1S/C33H80N12/c1-31(7-13-37-19-22-40-16-10-34)3-5-33(9-15-39-21-26-43-27-23-41-17-11-35)6-4-32(2)8-14-38-20-25-44-29-30-45-28-24-42-18-12-36/h31-33,37-45H,3-30,34-36H2,1-2H3. The van der Waals surface area contributed by atoms with Gasteiger partial charge in [0, 0.05) is 118 Å². The molecule has 0 radical (unpaired) electrons. The molecule has 272 valence electrons. The summed E-state index contributed by atoms with van der Waals surface area (Å²) in [7, 11) is 0. The van der Waals surface area contributed by atoms with Crippen molar-refractivity contribution in [3.05, 3.63) is 0 Å². The zero-order valence-electron chi connectivity index (χ0n) is 29.8. The summed E-state index contributed by atoms with van der Waals surface area (Å²) in [6.07, 6.45) is 9.16. The molecule has 0 bridgehead atoms. The van der Waals surface area contributed by atoms with E-state index in [0.717, 1.165) is 136 Å². The van der Waals surface area contributed by atoms with E-state index in [9.17, 15) is 0 Å². The van der Waals surface area contributed by atoms with Gasteiger partial charge in [0.05, 0.1) is 0 Å². The van der Waals surface area contributed by atoms with Gasteiger partial charge in [-0.1, -0.05) is 39.5 Å². The summed E-state index contributed by atoms with van der Waals surface area (Å²) in [5, 5.41) is 31.3. The lowest BCUT2D eigenvalue weighted by Gasteiger charge is -2.22. The maximum absolute atomic E-state index is 5.54. The minimum atomic E-state index is 0.701. The monoisotopic (exact) mass is 645 g/mol. The fourth-order valence-electron chi connectivity index (χ4n) is 5.26. The number of nitrogens with two attached hydrogens (primary N) is 3. The zero-order chi connectivity index (χ0) is 32.9. The molecule has 0 rings (SSSR count). The minimum absolute atomic E-state index is 0.701. The van der Waals surface area contributed by atoms with Gasteiger partial charge in [-0.25, -0.2) is 0 Å². The van der Waals surface area contributed by atoms with Crippen LogP contribution in [0.1, 0.15) is 58.8 Å². The van der Waals surface area contributed by atoms with Crippen LogP contribution in [0.3, 0.4) is 0 Å². The zero-order valence-corrected chi connectivity index (χ0v) is 29.8. The summed E-state index contributed by atoms with van der Waals surface area (Å²) in [5.74, 6) is 2.35. The summed E-state index contributed by atoms with van der Waals surface area (Å²) in [6.45, 7) is 25.1. The Hall–Kier alpha value is -0.480. The Balaban J connectivity index is 4.10. The summed E-state index contributed by atoms with van der Waals surface area (Å²) >= 11 is 0. The summed E-state index contributed by atoms with van der Waals surface area (Å²) in [6, 6.07) is 0. The molecule has 3 atom stereocenters. The van der Waals surface area contributed by atoms with Crippen molar-refractivity contribution >= 4 is 0 Å². The molecular weight excluding hydrogens is 564 g/mol. The van der Waals surface area contributed by atoms with Crippen LogP contribution in [0.15, 0.2) is 0 Å². The molecular formula is C33H80N12. The molecule has 0 aromatic rings. The Bertz CT molecular complexity index is 546. The lowest BCUT2D eigenvalue weighted by atomic mass is 9.87. The molecule has 0 aromatic carbocycles. The second-order valence-corrected chi connectivity index (χ2v) is 12.7. The van der Waals surface area contributed by atoms with Crippen LogP contribution >= 0.6 is 0 Å². The molecule has 0 saturated carbocycles. The van der Waals surface area contributed by atoms with E-state index in [1.807, 2.05) is 0 Å². The normalized spacial score (nSPS) is 13.8. The van der Waals surface area contributed by atoms with Crippen LogP contribution in [0.2, 0.25) is 0 Å². The van der Waals surface area contributed by atoms with Gasteiger partial charge in [-0.2, -0.15) is 0 Å². The van der Waals surface area contributed by atoms with Crippen LogP contribution in [-0.2, 0) is 0 Å². The average molecular weight is 645 g/mol. The maximum Gasteiger partial charge on any atom is 0.00772 e. The number of hydrogen-bond acceptors (Lipinski definition) is 12. The third-order valence-corrected chi connectivity index (χ3v) is 8.33. The Kier molecular flexibility index (Phi) is 37.6. The first-order valence-electron chi connectivity index (χ1n) is 18.6. The van der Waals surface area contributed by atoms with Crippen LogP contribution in [0.5, 0.6) is 0 Å². The molecule has 0 aliphatic heterocycles. The molecule has 0 aliphatic carbocycles. The van der Waals surface area contributed by atoms with E-state index in [1.54, 1.807) is 0 Å². The van der Waals surface area contributed by atoms with Crippen LogP contribution in [0, 0.1) is 17.8 Å². The molecule has 3 unspecified atom stereocenters. The third-order valence-electron chi connectivity index (χ3n) is 8.33. The maximum atomic E-state index is 5.54. The van der Waals surface area contributed by atoms with E-state index in [0.29, 0.717) is 19.6 Å². The predicted octanol–water partition coefficient (Wildman–Crippen LogP) is -1.21. The fraction of sp³-hybridized carbons (Fsp3) is 1.00. The third kappa shape index (κ3) is 36.2. The minimum Gasteiger partial charge on any atom is -0.329 e. The number of nitrogens with one attached hydrogen (secondary N) is 9. The van der Waals surface area contributed by atoms with Gasteiger partial charge in [-0.3, -0.25) is 0 Å². The van der Waals surface area contributed by atoms with Gasteiger partial charge in [0.25, 0.3) is 0 Å². The molecule has 12 nitrogen and oxygen atoms in total. The van der Waals surface area contributed by atoms with Crippen LogP contribution in [-0.4, -0.2) is 137 Å². The van der Waals surface area contributed by atoms with E-state index < -0.39 is 0 Å². The van der Waals surface area contributed by atoms with E-state index in [1.165, 1.54) is 44.9 Å². The van der Waals surface area contributed by atoms with Gasteiger partial charge in [0.2, 0.25) is 0 Å². The van der Waals surface area contributed by atoms with E-state index in [-0.39, 0.29) is 0 Å². The molecule has 0 saturated heterocycles. The van der Waals surface area contributed by atoms with Gasteiger partial charge in [0.1, 0.15) is 0 Å². The average Bonchev–Trinajstić information content (AvgIpc) is 3.04. The smallest absolute Gasteiger partial charge is 0.00772 e. The summed E-state index contributed by atoms with van der Waals surface area (Å²) in [4.78, 5) is 0. The second kappa shape index (κ2) is 38.0. The van der Waals surface area contributed by atoms with Crippen LogP contribution in [0.25, 0.3) is 0 Å². The molecule has 0 heterocycles. The van der Waals surface area contributed by atoms with Gasteiger partial charge in [-0.05, 0) is 56.7 Å². The van der Waals surface area contributed by atoms with Gasteiger partial charge >= 0.3 is 0 Å². The van der Waals surface area contributed by atoms with Gasteiger partial charge < -0.3 is 65.1 Å². The van der Waals surface area contributed by atoms with Crippen molar-refractivity contribution in [1.82, 2.24) is 47.9 Å². The Morgan fingerprint density at radius 1 is 0.289 bits per heavy atom. The van der Waals surface area contributed by atoms with Gasteiger partial charge in [-0.15, -0.1) is 0 Å². The SMILES string of the molecule is CC(CCNCCNCCN)CCC(CCNCCNCCNCCN)CCC(C)CCNCCNCCNCCNCCN. The van der Waals surface area contributed by atoms with Crippen molar-refractivity contribution in [3.8, 4) is 0 Å². The molecule has 0 aliphatic rings. The highest BCUT2D eigenvalue weighted by Gasteiger charge is 2.13. The predicted molar refractivity (Wildman–Crippen MR) is 197 cm³/mol. The quantitative estimate of drug-likeness (QED) is 0.0359. The lowest BCUT2D eigenvalue weighted by Crippen LogP contribution is -2.36. The molecule has 0 fully saturated rings. The number of rotatable bonds is 39. The molecule has 0 amide bonds. The molecule has 45 heavy (non-hydrogen) atoms. The number of hydrogen-bond donors (Lipinski definition) is 12. The highest BCUT2D eigenvalue weighted by Crippen LogP contribution is 2.24. The molecule has 15 N–H and O–H groups in total. The highest BCUT2D eigenvalue weighted by atomic mass is 15.0. The Morgan fingerprint density at radius 3 is 0.822 bits per heavy atom. The van der Waals surface area contributed by atoms with Crippen LogP contribution < -0.4 is 65.1 Å². The largest absolute Gasteiger partial charge is 0.329 e. The van der Waals surface area contributed by atoms with Gasteiger partial charge in [0.15, 0.2) is 0 Å². The van der Waals surface area contributed by atoms with Crippen molar-refractivity contribution in [1.29, 1.82) is 0 Å². The topological polar surface area (TPSA) is 186 Å². The Morgan fingerprint density at radius 2 is 0.533 bits per heavy atom. The van der Waals surface area contributed by atoms with Crippen molar-refractivity contribution in [2.75, 3.05) is 137 Å².